The molecule has 0 aliphatic carbocycles. The molecule has 13 heteroatoms. The van der Waals surface area contributed by atoms with E-state index in [9.17, 15) is 23.6 Å². The zero-order valence-electron chi connectivity index (χ0n) is 26.6. The molecule has 1 heterocycles. The van der Waals surface area contributed by atoms with Gasteiger partial charge in [0.15, 0.2) is 5.82 Å². The summed E-state index contributed by atoms with van der Waals surface area (Å²) >= 11 is 0. The minimum atomic E-state index is -1.45. The van der Waals surface area contributed by atoms with Crippen molar-refractivity contribution in [3.63, 3.8) is 0 Å². The molecule has 0 saturated carbocycles. The Hall–Kier alpha value is -4.78. The Labute approximate surface area is 262 Å². The Morgan fingerprint density at radius 3 is 2.22 bits per heavy atom. The van der Waals surface area contributed by atoms with E-state index in [0.717, 1.165) is 5.56 Å². The molecule has 1 aromatic heterocycles. The van der Waals surface area contributed by atoms with E-state index in [1.807, 2.05) is 30.3 Å². The van der Waals surface area contributed by atoms with Crippen LogP contribution in [0.1, 0.15) is 51.8 Å². The molecule has 4 amide bonds. The zero-order chi connectivity index (χ0) is 33.4. The van der Waals surface area contributed by atoms with Gasteiger partial charge in [-0.15, -0.1) is 0 Å². The number of carbonyl (C=O) groups excluding carboxylic acids is 4. The summed E-state index contributed by atoms with van der Waals surface area (Å²) in [5.41, 5.74) is -0.840. The number of amides is 4. The molecule has 3 rings (SSSR count). The molecular formula is C32H41FN6O6. The quantitative estimate of drug-likeness (QED) is 0.279. The van der Waals surface area contributed by atoms with Gasteiger partial charge >= 0.3 is 6.09 Å². The molecule has 0 saturated heterocycles. The first-order valence-electron chi connectivity index (χ1n) is 14.3. The minimum Gasteiger partial charge on any atom is -0.444 e. The fourth-order valence-corrected chi connectivity index (χ4v) is 4.09. The molecule has 12 nitrogen and oxygen atoms in total. The molecule has 0 radical (unpaired) electrons. The largest absolute Gasteiger partial charge is 0.444 e. The van der Waals surface area contributed by atoms with Gasteiger partial charge in [-0.1, -0.05) is 42.5 Å². The van der Waals surface area contributed by atoms with Crippen molar-refractivity contribution in [1.29, 1.82) is 0 Å². The number of ether oxygens (including phenoxy) is 2. The molecule has 0 aliphatic rings. The SMILES string of the molecule is CN(C)C(=O)C(c1ccc(F)cc1)n1cnc(NC(=O)[C@@H](COCc2ccccc2)NC(=O)C(C)(C)NC(=O)OC(C)(C)C)c1. The second kappa shape index (κ2) is 14.8. The Bertz CT molecular complexity index is 1470. The maximum absolute atomic E-state index is 13.6. The number of halogens is 1. The Kier molecular flexibility index (Phi) is 11.4. The number of nitrogens with zero attached hydrogens (tertiary/aromatic N) is 3. The topological polar surface area (TPSA) is 144 Å². The molecule has 0 aliphatic heterocycles. The van der Waals surface area contributed by atoms with E-state index in [1.54, 1.807) is 34.9 Å². The number of likely N-dealkylation sites (N-methyl/N-ethyl adjacent to an activating group) is 1. The lowest BCUT2D eigenvalue weighted by atomic mass is 10.0. The van der Waals surface area contributed by atoms with Crippen LogP contribution in [0.2, 0.25) is 0 Å². The average Bonchev–Trinajstić information content (AvgIpc) is 3.40. The van der Waals surface area contributed by atoms with Gasteiger partial charge in [-0.05, 0) is 57.9 Å². The molecular weight excluding hydrogens is 583 g/mol. The van der Waals surface area contributed by atoms with Crippen LogP contribution < -0.4 is 16.0 Å². The lowest BCUT2D eigenvalue weighted by Crippen LogP contribution is -2.59. The normalized spacial score (nSPS) is 12.9. The monoisotopic (exact) mass is 624 g/mol. The first kappa shape index (κ1) is 34.7. The van der Waals surface area contributed by atoms with Crippen molar-refractivity contribution in [3.05, 3.63) is 84.1 Å². The number of benzene rings is 2. The van der Waals surface area contributed by atoms with Crippen LogP contribution in [0.25, 0.3) is 0 Å². The van der Waals surface area contributed by atoms with E-state index < -0.39 is 46.9 Å². The lowest BCUT2D eigenvalue weighted by Gasteiger charge is -2.29. The number of carbonyl (C=O) groups is 4. The molecule has 2 atom stereocenters. The van der Waals surface area contributed by atoms with Gasteiger partial charge in [0, 0.05) is 20.3 Å². The molecule has 0 spiro atoms. The van der Waals surface area contributed by atoms with E-state index in [1.165, 1.54) is 60.1 Å². The zero-order valence-corrected chi connectivity index (χ0v) is 26.6. The van der Waals surface area contributed by atoms with Gasteiger partial charge in [0.2, 0.25) is 11.8 Å². The number of imidazole rings is 1. The third kappa shape index (κ3) is 10.4. The summed E-state index contributed by atoms with van der Waals surface area (Å²) in [6.07, 6.45) is 2.04. The molecule has 3 aromatic rings. The third-order valence-electron chi connectivity index (χ3n) is 6.41. The summed E-state index contributed by atoms with van der Waals surface area (Å²) in [5.74, 6) is -1.94. The van der Waals surface area contributed by atoms with Gasteiger partial charge in [-0.3, -0.25) is 14.4 Å². The molecule has 3 N–H and O–H groups in total. The van der Waals surface area contributed by atoms with Crippen molar-refractivity contribution in [1.82, 2.24) is 25.1 Å². The highest BCUT2D eigenvalue weighted by atomic mass is 19.1. The van der Waals surface area contributed by atoms with Crippen LogP contribution in [0.5, 0.6) is 0 Å². The van der Waals surface area contributed by atoms with Crippen LogP contribution in [0, 0.1) is 5.82 Å². The summed E-state index contributed by atoms with van der Waals surface area (Å²) in [6.45, 7) is 8.03. The van der Waals surface area contributed by atoms with Gasteiger partial charge in [0.25, 0.3) is 5.91 Å². The number of alkyl carbamates (subject to hydrolysis) is 1. The van der Waals surface area contributed by atoms with Gasteiger partial charge in [-0.25, -0.2) is 14.2 Å². The van der Waals surface area contributed by atoms with Crippen molar-refractivity contribution < 1.29 is 33.0 Å². The summed E-state index contributed by atoms with van der Waals surface area (Å²) in [5, 5.41) is 7.83. The standard InChI is InChI=1S/C32H41FN6O6/c1-31(2,3)45-30(43)37-32(4,5)29(42)35-24(19-44-18-21-11-9-8-10-12-21)27(40)36-25-17-39(20-34-25)26(28(41)38(6)7)22-13-15-23(33)16-14-22/h8-17,20,24,26H,18-19H2,1-7H3,(H,35,42)(H,36,40)(H,37,43)/t24-,26?/m1/s1. The van der Waals surface area contributed by atoms with E-state index in [-0.39, 0.29) is 24.9 Å². The maximum Gasteiger partial charge on any atom is 0.408 e. The summed E-state index contributed by atoms with van der Waals surface area (Å²) in [4.78, 5) is 57.8. The summed E-state index contributed by atoms with van der Waals surface area (Å²) in [6, 6.07) is 12.8. The van der Waals surface area contributed by atoms with Gasteiger partial charge in [0.05, 0.1) is 19.5 Å². The number of nitrogens with one attached hydrogen (secondary N) is 3. The maximum atomic E-state index is 13.6. The van der Waals surface area contributed by atoms with Gasteiger partial charge < -0.3 is 34.9 Å². The second-order valence-corrected chi connectivity index (χ2v) is 12.2. The van der Waals surface area contributed by atoms with Crippen molar-refractivity contribution in [2.75, 3.05) is 26.0 Å². The molecule has 45 heavy (non-hydrogen) atoms. The van der Waals surface area contributed by atoms with Crippen LogP contribution in [0.15, 0.2) is 67.1 Å². The highest BCUT2D eigenvalue weighted by Gasteiger charge is 2.35. The number of hydrogen-bond donors (Lipinski definition) is 3. The predicted molar refractivity (Wildman–Crippen MR) is 166 cm³/mol. The summed E-state index contributed by atoms with van der Waals surface area (Å²) < 4.78 is 26.1. The van der Waals surface area contributed by atoms with Crippen molar-refractivity contribution in [3.8, 4) is 0 Å². The molecule has 1 unspecified atom stereocenters. The van der Waals surface area contributed by atoms with Crippen molar-refractivity contribution >= 4 is 29.6 Å². The van der Waals surface area contributed by atoms with Crippen LogP contribution in [0.4, 0.5) is 15.0 Å². The Balaban J connectivity index is 1.79. The fraction of sp³-hybridized carbons (Fsp3) is 0.406. The van der Waals surface area contributed by atoms with Crippen LogP contribution in [-0.4, -0.2) is 76.1 Å². The smallest absolute Gasteiger partial charge is 0.408 e. The molecule has 242 valence electrons. The minimum absolute atomic E-state index is 0.104. The van der Waals surface area contributed by atoms with Gasteiger partial charge in [0.1, 0.15) is 29.0 Å². The van der Waals surface area contributed by atoms with Crippen LogP contribution >= 0.6 is 0 Å². The van der Waals surface area contributed by atoms with Crippen molar-refractivity contribution in [2.24, 2.45) is 0 Å². The fourth-order valence-electron chi connectivity index (χ4n) is 4.09. The van der Waals surface area contributed by atoms with Crippen LogP contribution in [-0.2, 0) is 30.5 Å². The highest BCUT2D eigenvalue weighted by Crippen LogP contribution is 2.22. The van der Waals surface area contributed by atoms with E-state index in [4.69, 9.17) is 9.47 Å². The second-order valence-electron chi connectivity index (χ2n) is 12.2. The highest BCUT2D eigenvalue weighted by molar-refractivity contribution is 5.98. The van der Waals surface area contributed by atoms with E-state index in [2.05, 4.69) is 20.9 Å². The number of hydrogen-bond acceptors (Lipinski definition) is 7. The Morgan fingerprint density at radius 2 is 1.62 bits per heavy atom. The lowest BCUT2D eigenvalue weighted by molar-refractivity contribution is -0.131. The number of rotatable bonds is 12. The third-order valence-corrected chi connectivity index (χ3v) is 6.41. The molecule has 2 aromatic carbocycles. The number of anilines is 1. The van der Waals surface area contributed by atoms with E-state index >= 15 is 0 Å². The van der Waals surface area contributed by atoms with E-state index in [0.29, 0.717) is 5.56 Å². The number of aromatic nitrogens is 2. The first-order valence-corrected chi connectivity index (χ1v) is 14.3. The molecule has 0 bridgehead atoms. The summed E-state index contributed by atoms with van der Waals surface area (Å²) in [7, 11) is 3.20. The predicted octanol–water partition coefficient (Wildman–Crippen LogP) is 3.64. The first-order chi connectivity index (χ1) is 21.1. The Morgan fingerprint density at radius 1 is 0.978 bits per heavy atom. The van der Waals surface area contributed by atoms with Crippen molar-refractivity contribution in [2.45, 2.75) is 64.4 Å². The van der Waals surface area contributed by atoms with Crippen LogP contribution in [0.3, 0.4) is 0 Å². The molecule has 0 fully saturated rings. The average molecular weight is 625 g/mol. The van der Waals surface area contributed by atoms with Gasteiger partial charge in [-0.2, -0.15) is 0 Å².